The lowest BCUT2D eigenvalue weighted by molar-refractivity contribution is -0.171. The van der Waals surface area contributed by atoms with E-state index in [4.69, 9.17) is 10.9 Å². The Hall–Kier alpha value is -1.47. The first-order chi connectivity index (χ1) is 8.27. The molecule has 1 amide bonds. The second kappa shape index (κ2) is 5.03. The fourth-order valence-electron chi connectivity index (χ4n) is 1.70. The van der Waals surface area contributed by atoms with E-state index < -0.39 is 23.5 Å². The van der Waals surface area contributed by atoms with Gasteiger partial charge >= 0.3 is 6.18 Å². The van der Waals surface area contributed by atoms with Crippen molar-refractivity contribution in [3.05, 3.63) is 0 Å². The summed E-state index contributed by atoms with van der Waals surface area (Å²) in [4.78, 5) is 11.8. The third-order valence-corrected chi connectivity index (χ3v) is 3.02. The van der Waals surface area contributed by atoms with Crippen molar-refractivity contribution in [3.8, 4) is 0 Å². The number of nitrogens with two attached hydrogens (primary N) is 1. The van der Waals surface area contributed by atoms with E-state index in [9.17, 15) is 18.0 Å². The summed E-state index contributed by atoms with van der Waals surface area (Å²) in [5, 5.41) is 13.2. The Balaban J connectivity index is 2.75. The maximum atomic E-state index is 12.7. The highest BCUT2D eigenvalue weighted by Crippen LogP contribution is 2.49. The molecule has 4 N–H and O–H groups in total. The third-order valence-electron chi connectivity index (χ3n) is 3.02. The van der Waals surface area contributed by atoms with Gasteiger partial charge in [0.05, 0.1) is 5.92 Å². The molecule has 1 atom stereocenters. The number of nitrogens with zero attached hydrogens (tertiary/aromatic N) is 1. The molecule has 104 valence electrons. The van der Waals surface area contributed by atoms with Crippen molar-refractivity contribution in [2.75, 3.05) is 0 Å². The van der Waals surface area contributed by atoms with Gasteiger partial charge in [0.1, 0.15) is 5.54 Å². The Morgan fingerprint density at radius 3 is 2.44 bits per heavy atom. The normalized spacial score (nSPS) is 20.3. The van der Waals surface area contributed by atoms with Gasteiger partial charge in [-0.1, -0.05) is 18.5 Å². The van der Waals surface area contributed by atoms with Crippen LogP contribution in [0.2, 0.25) is 0 Å². The minimum atomic E-state index is -4.47. The number of halogens is 3. The summed E-state index contributed by atoms with van der Waals surface area (Å²) < 4.78 is 38.0. The number of nitrogens with one attached hydrogen (secondary N) is 1. The number of amides is 1. The molecule has 0 aromatic heterocycles. The van der Waals surface area contributed by atoms with Crippen LogP contribution in [0, 0.1) is 5.92 Å². The molecule has 1 rings (SSSR count). The zero-order valence-corrected chi connectivity index (χ0v) is 9.92. The number of carbonyl (C=O) groups is 1. The van der Waals surface area contributed by atoms with Crippen molar-refractivity contribution in [2.45, 2.75) is 44.3 Å². The quantitative estimate of drug-likeness (QED) is 0.304. The number of alkyl halides is 3. The Labute approximate surface area is 102 Å². The standard InChI is InChI=1S/C10H16F3N3O2/c1-2-3-6(7(14)16-18)8(17)15-9(4-5-9)10(11,12)13/h6,18H,2-5H2,1H3,(H2,14,16)(H,15,17). The molecule has 1 unspecified atom stereocenters. The first-order valence-electron chi connectivity index (χ1n) is 5.63. The first kappa shape index (κ1) is 14.6. The molecule has 18 heavy (non-hydrogen) atoms. The van der Waals surface area contributed by atoms with Crippen LogP contribution in [-0.4, -0.2) is 28.7 Å². The number of hydrogen-bond acceptors (Lipinski definition) is 3. The van der Waals surface area contributed by atoms with E-state index in [-0.39, 0.29) is 25.1 Å². The van der Waals surface area contributed by atoms with Crippen LogP contribution >= 0.6 is 0 Å². The van der Waals surface area contributed by atoms with Crippen LogP contribution in [0.25, 0.3) is 0 Å². The SMILES string of the molecule is CCCC(C(=O)NC1(C(F)(F)F)CC1)C(N)=NO. The minimum Gasteiger partial charge on any atom is -0.409 e. The predicted octanol–water partition coefficient (Wildman–Crippen LogP) is 1.36. The molecule has 0 bridgehead atoms. The van der Waals surface area contributed by atoms with Crippen molar-refractivity contribution < 1.29 is 23.2 Å². The van der Waals surface area contributed by atoms with E-state index in [1.165, 1.54) is 0 Å². The molecule has 0 spiro atoms. The lowest BCUT2D eigenvalue weighted by atomic mass is 10.0. The summed E-state index contributed by atoms with van der Waals surface area (Å²) in [6.07, 6.45) is -3.96. The van der Waals surface area contributed by atoms with Crippen LogP contribution in [0.3, 0.4) is 0 Å². The van der Waals surface area contributed by atoms with Gasteiger partial charge in [0.15, 0.2) is 5.84 Å². The van der Waals surface area contributed by atoms with Gasteiger partial charge in [-0.15, -0.1) is 0 Å². The molecule has 8 heteroatoms. The largest absolute Gasteiger partial charge is 0.411 e. The number of oxime groups is 1. The second-order valence-corrected chi connectivity index (χ2v) is 4.44. The maximum Gasteiger partial charge on any atom is 0.411 e. The average molecular weight is 267 g/mol. The van der Waals surface area contributed by atoms with Crippen molar-refractivity contribution in [1.29, 1.82) is 0 Å². The highest BCUT2D eigenvalue weighted by Gasteiger charge is 2.64. The summed E-state index contributed by atoms with van der Waals surface area (Å²) in [5.74, 6) is -2.24. The molecule has 1 saturated carbocycles. The number of rotatable bonds is 5. The zero-order valence-electron chi connectivity index (χ0n) is 9.92. The topological polar surface area (TPSA) is 87.7 Å². The van der Waals surface area contributed by atoms with Gasteiger partial charge in [-0.2, -0.15) is 13.2 Å². The summed E-state index contributed by atoms with van der Waals surface area (Å²) in [7, 11) is 0. The van der Waals surface area contributed by atoms with E-state index in [0.717, 1.165) is 0 Å². The van der Waals surface area contributed by atoms with Crippen LogP contribution in [0.5, 0.6) is 0 Å². The monoisotopic (exact) mass is 267 g/mol. The van der Waals surface area contributed by atoms with Crippen molar-refractivity contribution >= 4 is 11.7 Å². The zero-order chi connectivity index (χ0) is 14.0. The average Bonchev–Trinajstić information content (AvgIpc) is 3.04. The van der Waals surface area contributed by atoms with Gasteiger partial charge in [0, 0.05) is 0 Å². The summed E-state index contributed by atoms with van der Waals surface area (Å²) >= 11 is 0. The van der Waals surface area contributed by atoms with Crippen molar-refractivity contribution in [1.82, 2.24) is 5.32 Å². The highest BCUT2D eigenvalue weighted by atomic mass is 19.4. The smallest absolute Gasteiger partial charge is 0.409 e. The number of amidine groups is 1. The number of carbonyl (C=O) groups excluding carboxylic acids is 1. The van der Waals surface area contributed by atoms with Crippen LogP contribution in [-0.2, 0) is 4.79 Å². The van der Waals surface area contributed by atoms with E-state index in [1.807, 2.05) is 5.32 Å². The molecule has 1 fully saturated rings. The van der Waals surface area contributed by atoms with E-state index in [1.54, 1.807) is 6.92 Å². The fourth-order valence-corrected chi connectivity index (χ4v) is 1.70. The molecule has 0 aromatic carbocycles. The summed E-state index contributed by atoms with van der Waals surface area (Å²) in [6.45, 7) is 1.75. The van der Waals surface area contributed by atoms with Gasteiger partial charge in [-0.25, -0.2) is 0 Å². The van der Waals surface area contributed by atoms with Gasteiger partial charge in [0.2, 0.25) is 5.91 Å². The van der Waals surface area contributed by atoms with Gasteiger partial charge in [0.25, 0.3) is 0 Å². The van der Waals surface area contributed by atoms with Crippen molar-refractivity contribution in [2.24, 2.45) is 16.8 Å². The van der Waals surface area contributed by atoms with Gasteiger partial charge in [-0.3, -0.25) is 4.79 Å². The molecule has 1 aliphatic carbocycles. The third kappa shape index (κ3) is 2.85. The first-order valence-corrected chi connectivity index (χ1v) is 5.63. The molecule has 1 aliphatic rings. The molecular formula is C10H16F3N3O2. The predicted molar refractivity (Wildman–Crippen MR) is 58.0 cm³/mol. The Bertz CT molecular complexity index is 351. The van der Waals surface area contributed by atoms with Crippen LogP contribution in [0.15, 0.2) is 5.16 Å². The van der Waals surface area contributed by atoms with Gasteiger partial charge < -0.3 is 16.3 Å². The Morgan fingerprint density at radius 1 is 1.56 bits per heavy atom. The molecular weight excluding hydrogens is 251 g/mol. The van der Waals surface area contributed by atoms with Crippen molar-refractivity contribution in [3.63, 3.8) is 0 Å². The van der Waals surface area contributed by atoms with E-state index in [2.05, 4.69) is 5.16 Å². The molecule has 0 heterocycles. The molecule has 0 radical (unpaired) electrons. The Morgan fingerprint density at radius 2 is 2.11 bits per heavy atom. The van der Waals surface area contributed by atoms with E-state index in [0.29, 0.717) is 6.42 Å². The number of hydrogen-bond donors (Lipinski definition) is 3. The Kier molecular flexibility index (Phi) is 4.08. The van der Waals surface area contributed by atoms with Crippen LogP contribution in [0.4, 0.5) is 13.2 Å². The molecule has 0 aromatic rings. The minimum absolute atomic E-state index is 0.128. The lowest BCUT2D eigenvalue weighted by Crippen LogP contribution is -2.51. The summed E-state index contributed by atoms with van der Waals surface area (Å²) in [5.41, 5.74) is 3.19. The van der Waals surface area contributed by atoms with Crippen LogP contribution < -0.4 is 11.1 Å². The molecule has 0 aliphatic heterocycles. The molecule has 5 nitrogen and oxygen atoms in total. The summed E-state index contributed by atoms with van der Waals surface area (Å²) in [6, 6.07) is 0. The fraction of sp³-hybridized carbons (Fsp3) is 0.800. The lowest BCUT2D eigenvalue weighted by Gasteiger charge is -2.23. The van der Waals surface area contributed by atoms with E-state index >= 15 is 0 Å². The maximum absolute atomic E-state index is 12.7. The molecule has 0 saturated heterocycles. The van der Waals surface area contributed by atoms with Gasteiger partial charge in [-0.05, 0) is 19.3 Å². The second-order valence-electron chi connectivity index (χ2n) is 4.44. The highest BCUT2D eigenvalue weighted by molar-refractivity contribution is 6.02. The van der Waals surface area contributed by atoms with Crippen LogP contribution in [0.1, 0.15) is 32.6 Å².